The lowest BCUT2D eigenvalue weighted by Gasteiger charge is -2.05. The zero-order valence-electron chi connectivity index (χ0n) is 12.3. The van der Waals surface area contributed by atoms with Gasteiger partial charge in [0.15, 0.2) is 0 Å². The van der Waals surface area contributed by atoms with Crippen LogP contribution in [-0.2, 0) is 6.54 Å². The number of nitrogens with zero attached hydrogens (tertiary/aromatic N) is 2. The van der Waals surface area contributed by atoms with E-state index >= 15 is 0 Å². The van der Waals surface area contributed by atoms with Crippen molar-refractivity contribution >= 4 is 10.9 Å². The molecule has 20 heavy (non-hydrogen) atoms. The highest BCUT2D eigenvalue weighted by Gasteiger charge is 2.09. The summed E-state index contributed by atoms with van der Waals surface area (Å²) in [6.07, 6.45) is 0. The molecule has 0 atom stereocenters. The lowest BCUT2D eigenvalue weighted by atomic mass is 10.0. The zero-order valence-corrected chi connectivity index (χ0v) is 12.3. The van der Waals surface area contributed by atoms with Gasteiger partial charge >= 0.3 is 0 Å². The Kier molecular flexibility index (Phi) is 3.31. The largest absolute Gasteiger partial charge is 0.264 e. The summed E-state index contributed by atoms with van der Waals surface area (Å²) >= 11 is 0. The molecule has 2 heteroatoms. The van der Waals surface area contributed by atoms with E-state index in [2.05, 4.69) is 67.9 Å². The topological polar surface area (TPSA) is 17.8 Å². The minimum atomic E-state index is 0.552. The van der Waals surface area contributed by atoms with Gasteiger partial charge in [-0.25, -0.2) is 0 Å². The van der Waals surface area contributed by atoms with Crippen molar-refractivity contribution < 1.29 is 0 Å². The van der Waals surface area contributed by atoms with Crippen LogP contribution in [0.25, 0.3) is 10.9 Å². The van der Waals surface area contributed by atoms with Crippen LogP contribution in [0.2, 0.25) is 0 Å². The van der Waals surface area contributed by atoms with E-state index in [1.165, 1.54) is 22.2 Å². The van der Waals surface area contributed by atoms with Crippen molar-refractivity contribution in [2.75, 3.05) is 0 Å². The average Bonchev–Trinajstić information content (AvgIpc) is 2.76. The molecule has 1 aromatic heterocycles. The van der Waals surface area contributed by atoms with E-state index in [1.807, 2.05) is 6.07 Å². The molecule has 102 valence electrons. The fourth-order valence-electron chi connectivity index (χ4n) is 2.54. The number of aromatic nitrogens is 2. The number of hydrogen-bond acceptors (Lipinski definition) is 1. The van der Waals surface area contributed by atoms with Gasteiger partial charge in [0.05, 0.1) is 12.1 Å². The van der Waals surface area contributed by atoms with E-state index in [-0.39, 0.29) is 0 Å². The molecule has 0 aliphatic carbocycles. The molecule has 0 N–H and O–H groups in total. The molecule has 0 amide bonds. The Labute approximate surface area is 120 Å². The van der Waals surface area contributed by atoms with Gasteiger partial charge in [-0.1, -0.05) is 50.2 Å². The maximum atomic E-state index is 4.72. The summed E-state index contributed by atoms with van der Waals surface area (Å²) in [7, 11) is 0. The molecule has 3 rings (SSSR count). The minimum absolute atomic E-state index is 0.552. The second kappa shape index (κ2) is 5.12. The summed E-state index contributed by atoms with van der Waals surface area (Å²) in [5.41, 5.74) is 4.99. The predicted molar refractivity (Wildman–Crippen MR) is 84.1 cm³/mol. The summed E-state index contributed by atoms with van der Waals surface area (Å²) < 4.78 is 2.10. The quantitative estimate of drug-likeness (QED) is 0.680. The smallest absolute Gasteiger partial charge is 0.0926 e. The Bertz CT molecular complexity index is 724. The van der Waals surface area contributed by atoms with Gasteiger partial charge in [0, 0.05) is 11.1 Å². The van der Waals surface area contributed by atoms with E-state index in [4.69, 9.17) is 5.10 Å². The fraction of sp³-hybridized carbons (Fsp3) is 0.278. The SMILES string of the molecule is Cc1c2cc(C(C)C)ccc2nn1Cc1ccccc1. The Hall–Kier alpha value is -2.09. The first kappa shape index (κ1) is 12.9. The van der Waals surface area contributed by atoms with Gasteiger partial charge in [-0.3, -0.25) is 4.68 Å². The number of rotatable bonds is 3. The van der Waals surface area contributed by atoms with Gasteiger partial charge in [-0.2, -0.15) is 5.10 Å². The zero-order chi connectivity index (χ0) is 14.1. The maximum Gasteiger partial charge on any atom is 0.0926 e. The van der Waals surface area contributed by atoms with Crippen LogP contribution < -0.4 is 0 Å². The fourth-order valence-corrected chi connectivity index (χ4v) is 2.54. The molecule has 0 spiro atoms. The van der Waals surface area contributed by atoms with Crippen LogP contribution in [0.15, 0.2) is 48.5 Å². The monoisotopic (exact) mass is 264 g/mol. The lowest BCUT2D eigenvalue weighted by molar-refractivity contribution is 0.673. The maximum absolute atomic E-state index is 4.72. The molecule has 0 aliphatic rings. The molecule has 0 unspecified atom stereocenters. The molecule has 2 aromatic carbocycles. The third-order valence-electron chi connectivity index (χ3n) is 3.87. The van der Waals surface area contributed by atoms with Gasteiger partial charge < -0.3 is 0 Å². The third kappa shape index (κ3) is 2.34. The molecule has 2 nitrogen and oxygen atoms in total. The molecule has 0 saturated heterocycles. The summed E-state index contributed by atoms with van der Waals surface area (Å²) in [5.74, 6) is 0.552. The van der Waals surface area contributed by atoms with Crippen molar-refractivity contribution in [2.24, 2.45) is 0 Å². The molecular weight excluding hydrogens is 244 g/mol. The van der Waals surface area contributed by atoms with E-state index in [0.29, 0.717) is 5.92 Å². The van der Waals surface area contributed by atoms with Crippen LogP contribution in [0.5, 0.6) is 0 Å². The highest BCUT2D eigenvalue weighted by atomic mass is 15.3. The molecule has 1 heterocycles. The van der Waals surface area contributed by atoms with E-state index in [1.54, 1.807) is 0 Å². The Morgan fingerprint density at radius 3 is 2.50 bits per heavy atom. The molecule has 0 radical (unpaired) electrons. The lowest BCUT2D eigenvalue weighted by Crippen LogP contribution is -2.03. The highest BCUT2D eigenvalue weighted by Crippen LogP contribution is 2.24. The molecule has 3 aromatic rings. The van der Waals surface area contributed by atoms with Crippen molar-refractivity contribution in [2.45, 2.75) is 33.2 Å². The van der Waals surface area contributed by atoms with Crippen molar-refractivity contribution in [3.63, 3.8) is 0 Å². The van der Waals surface area contributed by atoms with Gasteiger partial charge in [0.1, 0.15) is 0 Å². The number of hydrogen-bond donors (Lipinski definition) is 0. The first-order valence-electron chi connectivity index (χ1n) is 7.16. The van der Waals surface area contributed by atoms with Gasteiger partial charge in [-0.05, 0) is 36.1 Å². The molecule has 0 bridgehead atoms. The summed E-state index contributed by atoms with van der Waals surface area (Å²) in [6, 6.07) is 17.1. The van der Waals surface area contributed by atoms with Crippen molar-refractivity contribution in [3.05, 3.63) is 65.4 Å². The van der Waals surface area contributed by atoms with Crippen molar-refractivity contribution in [3.8, 4) is 0 Å². The summed E-state index contributed by atoms with van der Waals surface area (Å²) in [5, 5.41) is 6.00. The van der Waals surface area contributed by atoms with E-state index in [0.717, 1.165) is 12.1 Å². The Morgan fingerprint density at radius 1 is 1.05 bits per heavy atom. The molecule has 0 fully saturated rings. The first-order chi connectivity index (χ1) is 9.65. The van der Waals surface area contributed by atoms with Crippen LogP contribution >= 0.6 is 0 Å². The number of benzene rings is 2. The second-order valence-corrected chi connectivity index (χ2v) is 5.66. The van der Waals surface area contributed by atoms with Gasteiger partial charge in [0.2, 0.25) is 0 Å². The van der Waals surface area contributed by atoms with E-state index < -0.39 is 0 Å². The summed E-state index contributed by atoms with van der Waals surface area (Å²) in [4.78, 5) is 0. The standard InChI is InChI=1S/C18H20N2/c1-13(2)16-9-10-18-17(11-16)14(3)20(19-18)12-15-7-5-4-6-8-15/h4-11,13H,12H2,1-3H3. The number of fused-ring (bicyclic) bond motifs is 1. The van der Waals surface area contributed by atoms with Crippen LogP contribution in [0.1, 0.15) is 36.6 Å². The highest BCUT2D eigenvalue weighted by molar-refractivity contribution is 5.82. The third-order valence-corrected chi connectivity index (χ3v) is 3.87. The number of aryl methyl sites for hydroxylation is 1. The molecule has 0 aliphatic heterocycles. The van der Waals surface area contributed by atoms with Gasteiger partial charge in [0.25, 0.3) is 0 Å². The minimum Gasteiger partial charge on any atom is -0.264 e. The molecular formula is C18H20N2. The normalized spacial score (nSPS) is 11.4. The van der Waals surface area contributed by atoms with Crippen molar-refractivity contribution in [1.82, 2.24) is 9.78 Å². The van der Waals surface area contributed by atoms with E-state index in [9.17, 15) is 0 Å². The average molecular weight is 264 g/mol. The summed E-state index contributed by atoms with van der Waals surface area (Å²) in [6.45, 7) is 7.44. The second-order valence-electron chi connectivity index (χ2n) is 5.66. The first-order valence-corrected chi connectivity index (χ1v) is 7.16. The van der Waals surface area contributed by atoms with Crippen LogP contribution in [0.3, 0.4) is 0 Å². The van der Waals surface area contributed by atoms with Crippen LogP contribution in [0, 0.1) is 6.92 Å². The molecule has 0 saturated carbocycles. The Balaban J connectivity index is 2.02. The van der Waals surface area contributed by atoms with Gasteiger partial charge in [-0.15, -0.1) is 0 Å². The van der Waals surface area contributed by atoms with Crippen LogP contribution in [-0.4, -0.2) is 9.78 Å². The van der Waals surface area contributed by atoms with Crippen LogP contribution in [0.4, 0.5) is 0 Å². The predicted octanol–water partition coefficient (Wildman–Crippen LogP) is 4.52. The Morgan fingerprint density at radius 2 is 1.80 bits per heavy atom. The van der Waals surface area contributed by atoms with Crippen molar-refractivity contribution in [1.29, 1.82) is 0 Å².